The Hall–Kier alpha value is -3.80. The average Bonchev–Trinajstić information content (AvgIpc) is 3.32. The van der Waals surface area contributed by atoms with Crippen LogP contribution in [0.15, 0.2) is 30.3 Å². The number of aromatic amines is 1. The van der Waals surface area contributed by atoms with Crippen LogP contribution in [0.5, 0.6) is 11.6 Å². The van der Waals surface area contributed by atoms with Gasteiger partial charge in [-0.2, -0.15) is 0 Å². The molecule has 1 aliphatic carbocycles. The van der Waals surface area contributed by atoms with Gasteiger partial charge in [0.05, 0.1) is 12.5 Å². The second-order valence-electron chi connectivity index (χ2n) is 9.14. The molecule has 34 heavy (non-hydrogen) atoms. The summed E-state index contributed by atoms with van der Waals surface area (Å²) < 4.78 is 12.7. The number of amides is 1. The van der Waals surface area contributed by atoms with E-state index in [4.69, 9.17) is 16.0 Å². The van der Waals surface area contributed by atoms with Crippen LogP contribution in [0.25, 0.3) is 10.5 Å². The lowest BCUT2D eigenvalue weighted by atomic mass is 9.69. The molecule has 0 spiro atoms. The first kappa shape index (κ1) is 23.4. The third kappa shape index (κ3) is 4.49. The lowest BCUT2D eigenvalue weighted by Crippen LogP contribution is -2.37. The van der Waals surface area contributed by atoms with Crippen molar-refractivity contribution in [3.05, 3.63) is 47.6 Å². The Kier molecular flexibility index (Phi) is 6.59. The fraction of sp³-hybridized carbons (Fsp3) is 0.440. The van der Waals surface area contributed by atoms with Crippen molar-refractivity contribution >= 4 is 29.1 Å². The van der Waals surface area contributed by atoms with Crippen LogP contribution >= 0.6 is 0 Å². The molecular weight excluding hydrogens is 434 g/mol. The van der Waals surface area contributed by atoms with Crippen LogP contribution in [0, 0.1) is 30.2 Å². The maximum Gasteiger partial charge on any atom is 0.417 e. The van der Waals surface area contributed by atoms with Gasteiger partial charge < -0.3 is 9.47 Å². The Balaban J connectivity index is 1.67. The molecule has 2 aromatic heterocycles. The van der Waals surface area contributed by atoms with Gasteiger partial charge >= 0.3 is 12.1 Å². The van der Waals surface area contributed by atoms with Gasteiger partial charge in [0, 0.05) is 12.1 Å². The molecular formula is C25H29N5O4. The van der Waals surface area contributed by atoms with Crippen molar-refractivity contribution in [2.75, 3.05) is 5.32 Å². The van der Waals surface area contributed by atoms with E-state index in [-0.39, 0.29) is 46.7 Å². The minimum Gasteiger partial charge on any atom is -0.434 e. The highest BCUT2D eigenvalue weighted by Gasteiger charge is 2.39. The molecule has 1 saturated carbocycles. The van der Waals surface area contributed by atoms with Gasteiger partial charge in [-0.3, -0.25) is 15.2 Å². The maximum absolute atomic E-state index is 13.3. The Morgan fingerprint density at radius 2 is 1.85 bits per heavy atom. The fourth-order valence-corrected chi connectivity index (χ4v) is 5.04. The highest BCUT2D eigenvalue weighted by atomic mass is 16.6. The molecule has 9 nitrogen and oxygen atoms in total. The van der Waals surface area contributed by atoms with Crippen molar-refractivity contribution in [1.82, 2.24) is 14.6 Å². The summed E-state index contributed by atoms with van der Waals surface area (Å²) in [5, 5.41) is 5.65. The van der Waals surface area contributed by atoms with Crippen LogP contribution in [0.1, 0.15) is 46.4 Å². The van der Waals surface area contributed by atoms with Gasteiger partial charge in [-0.1, -0.05) is 45.9 Å². The van der Waals surface area contributed by atoms with Crippen LogP contribution < -0.4 is 14.8 Å². The molecule has 3 aromatic rings. The third-order valence-corrected chi connectivity index (χ3v) is 6.42. The van der Waals surface area contributed by atoms with Crippen molar-refractivity contribution < 1.29 is 19.1 Å². The predicted octanol–water partition coefficient (Wildman–Crippen LogP) is 5.61. The number of esters is 1. The number of anilines is 1. The van der Waals surface area contributed by atoms with E-state index in [0.29, 0.717) is 23.9 Å². The van der Waals surface area contributed by atoms with E-state index in [1.54, 1.807) is 24.3 Å². The number of benzene rings is 1. The van der Waals surface area contributed by atoms with Crippen molar-refractivity contribution in [2.24, 2.45) is 23.7 Å². The highest BCUT2D eigenvalue weighted by Crippen LogP contribution is 2.45. The van der Waals surface area contributed by atoms with Crippen LogP contribution in [0.3, 0.4) is 0 Å². The van der Waals surface area contributed by atoms with Gasteiger partial charge in [0.25, 0.3) is 5.69 Å². The van der Waals surface area contributed by atoms with E-state index in [2.05, 4.69) is 41.0 Å². The first-order valence-electron chi connectivity index (χ1n) is 11.6. The molecule has 4 rings (SSSR count). The van der Waals surface area contributed by atoms with Crippen molar-refractivity contribution in [2.45, 2.75) is 47.0 Å². The third-order valence-electron chi connectivity index (χ3n) is 6.42. The number of aryl methyl sites for hydroxylation is 1. The zero-order valence-corrected chi connectivity index (χ0v) is 19.8. The Morgan fingerprint density at radius 3 is 2.47 bits per heavy atom. The quantitative estimate of drug-likeness (QED) is 0.378. The minimum absolute atomic E-state index is 0.0106. The molecule has 1 aliphatic rings. The van der Waals surface area contributed by atoms with Crippen LogP contribution in [0.2, 0.25) is 0 Å². The molecule has 1 amide bonds. The number of carbonyl (C=O) groups is 2. The topological polar surface area (TPSA) is 102 Å². The zero-order valence-electron chi connectivity index (χ0n) is 19.8. The lowest BCUT2D eigenvalue weighted by molar-refractivity contribution is -0.144. The number of nitrogens with one attached hydrogen (secondary N) is 2. The number of H-pyrrole nitrogens is 1. The number of rotatable bonds is 5. The lowest BCUT2D eigenvalue weighted by Gasteiger charge is -2.36. The zero-order chi connectivity index (χ0) is 24.4. The maximum atomic E-state index is 13.3. The standard InChI is InChI=1S/C25H29N5O4/c1-6-18-28-22-21(33-24(31)19-15(3)12-14(2)13-16(19)4)20(26-5)23(30(22)29-18)34-25(32)27-17-10-8-7-9-11-17/h7-11,14-16,19H,6,12-13H2,1-4H3,(H,27,32)(H,28,29). The number of nitrogens with zero attached hydrogens (tertiary/aromatic N) is 3. The average molecular weight is 464 g/mol. The molecule has 0 bridgehead atoms. The van der Waals surface area contributed by atoms with Gasteiger partial charge in [0.1, 0.15) is 5.82 Å². The van der Waals surface area contributed by atoms with Gasteiger partial charge in [-0.25, -0.2) is 19.1 Å². The summed E-state index contributed by atoms with van der Waals surface area (Å²) in [5.41, 5.74) is 0.704. The van der Waals surface area contributed by atoms with E-state index in [1.165, 1.54) is 4.52 Å². The first-order valence-corrected chi connectivity index (χ1v) is 11.6. The van der Waals surface area contributed by atoms with Crippen LogP contribution in [-0.4, -0.2) is 26.7 Å². The molecule has 2 atom stereocenters. The van der Waals surface area contributed by atoms with Gasteiger partial charge in [-0.05, 0) is 42.7 Å². The van der Waals surface area contributed by atoms with Crippen LogP contribution in [0.4, 0.5) is 16.2 Å². The number of hydrogen-bond donors (Lipinski definition) is 2. The van der Waals surface area contributed by atoms with E-state index in [9.17, 15) is 9.59 Å². The van der Waals surface area contributed by atoms with E-state index in [1.807, 2.05) is 13.0 Å². The smallest absolute Gasteiger partial charge is 0.417 e. The number of aromatic nitrogens is 3. The van der Waals surface area contributed by atoms with Gasteiger partial charge in [0.15, 0.2) is 11.4 Å². The summed E-state index contributed by atoms with van der Waals surface area (Å²) in [7, 11) is 0. The molecule has 0 radical (unpaired) electrons. The van der Waals surface area contributed by atoms with E-state index in [0.717, 1.165) is 12.8 Å². The number of para-hydroxylation sites is 1. The molecule has 1 aromatic carbocycles. The Labute approximate surface area is 198 Å². The summed E-state index contributed by atoms with van der Waals surface area (Å²) in [6.45, 7) is 16.0. The summed E-state index contributed by atoms with van der Waals surface area (Å²) in [6.07, 6.45) is 1.69. The second-order valence-corrected chi connectivity index (χ2v) is 9.14. The summed E-state index contributed by atoms with van der Waals surface area (Å²) >= 11 is 0. The van der Waals surface area contributed by atoms with Crippen molar-refractivity contribution in [1.29, 1.82) is 0 Å². The molecule has 0 saturated heterocycles. The number of carbonyl (C=O) groups excluding carboxylic acids is 2. The molecule has 2 N–H and O–H groups in total. The van der Waals surface area contributed by atoms with E-state index >= 15 is 0 Å². The monoisotopic (exact) mass is 463 g/mol. The fourth-order valence-electron chi connectivity index (χ4n) is 5.04. The van der Waals surface area contributed by atoms with E-state index < -0.39 is 6.09 Å². The van der Waals surface area contributed by atoms with Crippen molar-refractivity contribution in [3.8, 4) is 11.6 Å². The Bertz CT molecular complexity index is 1230. The highest BCUT2D eigenvalue weighted by molar-refractivity contribution is 5.90. The van der Waals surface area contributed by atoms with Gasteiger partial charge in [0.2, 0.25) is 5.88 Å². The number of fused-ring (bicyclic) bond motifs is 1. The summed E-state index contributed by atoms with van der Waals surface area (Å²) in [6, 6.07) is 8.83. The first-order chi connectivity index (χ1) is 16.3. The molecule has 2 heterocycles. The molecule has 178 valence electrons. The molecule has 2 unspecified atom stereocenters. The summed E-state index contributed by atoms with van der Waals surface area (Å²) in [4.78, 5) is 33.8. The van der Waals surface area contributed by atoms with Crippen LogP contribution in [-0.2, 0) is 11.2 Å². The summed E-state index contributed by atoms with van der Waals surface area (Å²) in [5.74, 6) is 0.756. The van der Waals surface area contributed by atoms with Crippen molar-refractivity contribution in [3.63, 3.8) is 0 Å². The molecule has 9 heteroatoms. The second kappa shape index (κ2) is 9.59. The van der Waals surface area contributed by atoms with Gasteiger partial charge in [-0.15, -0.1) is 0 Å². The normalized spacial score (nSPS) is 22.2. The largest absolute Gasteiger partial charge is 0.434 e. The Morgan fingerprint density at radius 1 is 1.18 bits per heavy atom. The minimum atomic E-state index is -0.774. The molecule has 1 fully saturated rings. The number of ether oxygens (including phenoxy) is 2. The molecule has 0 aliphatic heterocycles. The number of hydrogen-bond acceptors (Lipinski definition) is 5. The SMILES string of the molecule is [C-]#[N+]c1c(OC(=O)C2C(C)CC(C)CC2C)c2nc(CC)[nH]n2c1OC(=O)Nc1ccccc1. The predicted molar refractivity (Wildman–Crippen MR) is 127 cm³/mol.